The summed E-state index contributed by atoms with van der Waals surface area (Å²) < 4.78 is 12.0. The van der Waals surface area contributed by atoms with Crippen LogP contribution in [0.2, 0.25) is 5.02 Å². The van der Waals surface area contributed by atoms with Crippen molar-refractivity contribution in [1.29, 1.82) is 0 Å². The minimum Gasteiger partial charge on any atom is -0.452 e. The summed E-state index contributed by atoms with van der Waals surface area (Å²) in [5.41, 5.74) is 3.27. The second-order valence-corrected chi connectivity index (χ2v) is 5.60. The Morgan fingerprint density at radius 2 is 1.29 bits per heavy atom. The van der Waals surface area contributed by atoms with Gasteiger partial charge in [0.15, 0.2) is 11.2 Å². The molecule has 2 aromatic heterocycles. The predicted octanol–water partition coefficient (Wildman–Crippen LogP) is 6.14. The molecule has 5 rings (SSSR count). The van der Waals surface area contributed by atoms with Crippen molar-refractivity contribution in [2.75, 3.05) is 0 Å². The lowest BCUT2D eigenvalue weighted by molar-refractivity contribution is 0.633. The highest BCUT2D eigenvalue weighted by atomic mass is 35.5. The average Bonchev–Trinajstić information content (AvgIpc) is 3.05. The largest absolute Gasteiger partial charge is 0.452 e. The third-order valence-corrected chi connectivity index (χ3v) is 4.18. The highest BCUT2D eigenvalue weighted by Gasteiger charge is 2.15. The Labute approximate surface area is 124 Å². The first-order chi connectivity index (χ1) is 10.3. The monoisotopic (exact) mass is 292 g/mol. The molecule has 0 aliphatic heterocycles. The fraction of sp³-hybridized carbons (Fsp3) is 0. The Hall–Kier alpha value is -2.45. The minimum atomic E-state index is 0.704. The van der Waals surface area contributed by atoms with Gasteiger partial charge in [-0.15, -0.1) is 0 Å². The van der Waals surface area contributed by atoms with Gasteiger partial charge in [-0.3, -0.25) is 0 Å². The molecule has 0 aliphatic carbocycles. The number of fused-ring (bicyclic) bond motifs is 7. The van der Waals surface area contributed by atoms with E-state index in [1.54, 1.807) is 0 Å². The quantitative estimate of drug-likeness (QED) is 0.343. The Morgan fingerprint density at radius 1 is 0.619 bits per heavy atom. The first-order valence-corrected chi connectivity index (χ1v) is 7.11. The van der Waals surface area contributed by atoms with Crippen LogP contribution in [0.5, 0.6) is 0 Å². The first kappa shape index (κ1) is 11.2. The van der Waals surface area contributed by atoms with Crippen molar-refractivity contribution in [2.45, 2.75) is 0 Å². The van der Waals surface area contributed by atoms with E-state index in [9.17, 15) is 0 Å². The van der Waals surface area contributed by atoms with Crippen LogP contribution in [-0.4, -0.2) is 0 Å². The Morgan fingerprint density at radius 3 is 2.10 bits per heavy atom. The van der Waals surface area contributed by atoms with Gasteiger partial charge < -0.3 is 8.83 Å². The molecule has 0 N–H and O–H groups in total. The Bertz CT molecular complexity index is 1150. The normalized spacial score (nSPS) is 12.0. The molecule has 3 heteroatoms. The van der Waals surface area contributed by atoms with Gasteiger partial charge >= 0.3 is 0 Å². The number of para-hydroxylation sites is 1. The Balaban J connectivity index is 2.06. The van der Waals surface area contributed by atoms with Crippen LogP contribution in [0.4, 0.5) is 0 Å². The molecule has 3 aromatic carbocycles. The van der Waals surface area contributed by atoms with Crippen LogP contribution in [0, 0.1) is 0 Å². The lowest BCUT2D eigenvalue weighted by Crippen LogP contribution is -1.69. The van der Waals surface area contributed by atoms with Crippen LogP contribution >= 0.6 is 11.6 Å². The molecule has 0 fully saturated rings. The highest BCUT2D eigenvalue weighted by Crippen LogP contribution is 2.38. The molecule has 0 spiro atoms. The molecule has 0 bridgehead atoms. The number of halogens is 1. The molecule has 5 aromatic rings. The fourth-order valence-electron chi connectivity index (χ4n) is 2.99. The van der Waals surface area contributed by atoms with E-state index >= 15 is 0 Å². The molecule has 0 amide bonds. The molecular formula is C18H9ClO2. The van der Waals surface area contributed by atoms with Gasteiger partial charge in [0, 0.05) is 26.6 Å². The molecule has 0 atom stereocenters. The van der Waals surface area contributed by atoms with E-state index in [4.69, 9.17) is 20.4 Å². The Kier molecular flexibility index (Phi) is 2.04. The maximum atomic E-state index is 6.09. The second kappa shape index (κ2) is 3.80. The molecule has 100 valence electrons. The van der Waals surface area contributed by atoms with Crippen LogP contribution in [0.1, 0.15) is 0 Å². The van der Waals surface area contributed by atoms with Gasteiger partial charge in [0.1, 0.15) is 11.2 Å². The van der Waals surface area contributed by atoms with Crippen molar-refractivity contribution in [3.63, 3.8) is 0 Å². The van der Waals surface area contributed by atoms with Crippen LogP contribution in [0.3, 0.4) is 0 Å². The van der Waals surface area contributed by atoms with Gasteiger partial charge in [-0.1, -0.05) is 29.8 Å². The first-order valence-electron chi connectivity index (χ1n) is 6.73. The average molecular weight is 293 g/mol. The zero-order chi connectivity index (χ0) is 14.0. The summed E-state index contributed by atoms with van der Waals surface area (Å²) in [5, 5.41) is 4.92. The molecule has 0 aliphatic rings. The van der Waals surface area contributed by atoms with Gasteiger partial charge in [-0.2, -0.15) is 0 Å². The van der Waals surface area contributed by atoms with Gasteiger partial charge in [-0.25, -0.2) is 0 Å². The van der Waals surface area contributed by atoms with Crippen molar-refractivity contribution >= 4 is 55.5 Å². The van der Waals surface area contributed by atoms with E-state index in [2.05, 4.69) is 18.2 Å². The van der Waals surface area contributed by atoms with E-state index in [-0.39, 0.29) is 0 Å². The van der Waals surface area contributed by atoms with Crippen LogP contribution in [0.15, 0.2) is 63.4 Å². The molecular weight excluding hydrogens is 284 g/mol. The van der Waals surface area contributed by atoms with Crippen molar-refractivity contribution in [1.82, 2.24) is 0 Å². The maximum Gasteiger partial charge on any atom is 0.178 e. The topological polar surface area (TPSA) is 26.3 Å². The van der Waals surface area contributed by atoms with Crippen molar-refractivity contribution < 1.29 is 8.83 Å². The molecule has 2 heterocycles. The van der Waals surface area contributed by atoms with Crippen molar-refractivity contribution in [2.24, 2.45) is 0 Å². The highest BCUT2D eigenvalue weighted by molar-refractivity contribution is 6.32. The summed E-state index contributed by atoms with van der Waals surface area (Å²) in [4.78, 5) is 0. The zero-order valence-corrected chi connectivity index (χ0v) is 11.6. The maximum absolute atomic E-state index is 6.09. The van der Waals surface area contributed by atoms with Gasteiger partial charge in [-0.05, 0) is 36.4 Å². The standard InChI is InChI=1S/C18H9ClO2/c19-10-5-8-16-14(9-10)13-7-6-12-11-3-1-2-4-15(11)20-17(12)18(13)21-16/h1-9H. The van der Waals surface area contributed by atoms with E-state index in [0.29, 0.717) is 5.02 Å². The smallest absolute Gasteiger partial charge is 0.178 e. The summed E-state index contributed by atoms with van der Waals surface area (Å²) in [6.07, 6.45) is 0. The van der Waals surface area contributed by atoms with Gasteiger partial charge in [0.05, 0.1) is 0 Å². The lowest BCUT2D eigenvalue weighted by Gasteiger charge is -1.91. The van der Waals surface area contributed by atoms with Gasteiger partial charge in [0.2, 0.25) is 0 Å². The number of benzene rings is 3. The molecule has 0 saturated heterocycles. The van der Waals surface area contributed by atoms with E-state index in [1.807, 2.05) is 36.4 Å². The lowest BCUT2D eigenvalue weighted by atomic mass is 10.1. The molecule has 0 saturated carbocycles. The minimum absolute atomic E-state index is 0.704. The van der Waals surface area contributed by atoms with E-state index in [1.165, 1.54) is 0 Å². The number of hydrogen-bond acceptors (Lipinski definition) is 2. The van der Waals surface area contributed by atoms with E-state index in [0.717, 1.165) is 43.9 Å². The summed E-state index contributed by atoms with van der Waals surface area (Å²) in [7, 11) is 0. The summed E-state index contributed by atoms with van der Waals surface area (Å²) in [6.45, 7) is 0. The van der Waals surface area contributed by atoms with Crippen LogP contribution < -0.4 is 0 Å². The summed E-state index contributed by atoms with van der Waals surface area (Å²) in [6, 6.07) is 17.8. The number of rotatable bonds is 0. The van der Waals surface area contributed by atoms with Crippen molar-refractivity contribution in [3.05, 3.63) is 59.6 Å². The molecule has 0 radical (unpaired) electrons. The van der Waals surface area contributed by atoms with Crippen molar-refractivity contribution in [3.8, 4) is 0 Å². The van der Waals surface area contributed by atoms with E-state index < -0.39 is 0 Å². The zero-order valence-electron chi connectivity index (χ0n) is 10.9. The number of hydrogen-bond donors (Lipinski definition) is 0. The molecule has 2 nitrogen and oxygen atoms in total. The second-order valence-electron chi connectivity index (χ2n) is 5.16. The third kappa shape index (κ3) is 1.43. The molecule has 0 unspecified atom stereocenters. The van der Waals surface area contributed by atoms with Crippen LogP contribution in [0.25, 0.3) is 43.9 Å². The SMILES string of the molecule is Clc1ccc2oc3c(ccc4c5ccccc5oc43)c2c1. The fourth-order valence-corrected chi connectivity index (χ4v) is 3.16. The number of furan rings is 2. The summed E-state index contributed by atoms with van der Waals surface area (Å²) >= 11 is 6.09. The predicted molar refractivity (Wildman–Crippen MR) is 86.0 cm³/mol. The summed E-state index contributed by atoms with van der Waals surface area (Å²) in [5.74, 6) is 0. The van der Waals surface area contributed by atoms with Gasteiger partial charge in [0.25, 0.3) is 0 Å². The van der Waals surface area contributed by atoms with Crippen LogP contribution in [-0.2, 0) is 0 Å². The molecule has 21 heavy (non-hydrogen) atoms. The third-order valence-electron chi connectivity index (χ3n) is 3.95.